The third-order valence-electron chi connectivity index (χ3n) is 5.57. The number of hydrogen-bond donors (Lipinski definition) is 0. The van der Waals surface area contributed by atoms with Gasteiger partial charge >= 0.3 is 0 Å². The molecule has 7 heteroatoms. The van der Waals surface area contributed by atoms with E-state index in [1.807, 2.05) is 65.4 Å². The van der Waals surface area contributed by atoms with Crippen LogP contribution in [0.2, 0.25) is 0 Å². The molecule has 0 bridgehead atoms. The Morgan fingerprint density at radius 3 is 2.65 bits per heavy atom. The van der Waals surface area contributed by atoms with Gasteiger partial charge in [0.2, 0.25) is 11.8 Å². The van der Waals surface area contributed by atoms with Gasteiger partial charge in [-0.25, -0.2) is 0 Å². The molecule has 1 atom stereocenters. The van der Waals surface area contributed by atoms with Gasteiger partial charge in [-0.1, -0.05) is 18.2 Å². The lowest BCUT2D eigenvalue weighted by Crippen LogP contribution is -2.37. The van der Waals surface area contributed by atoms with Crippen molar-refractivity contribution in [3.63, 3.8) is 0 Å². The van der Waals surface area contributed by atoms with Gasteiger partial charge < -0.3 is 19.3 Å². The van der Waals surface area contributed by atoms with Crippen molar-refractivity contribution < 1.29 is 19.1 Å². The van der Waals surface area contributed by atoms with Crippen molar-refractivity contribution in [1.82, 2.24) is 0 Å². The van der Waals surface area contributed by atoms with Gasteiger partial charge in [-0.15, -0.1) is 0 Å². The van der Waals surface area contributed by atoms with Crippen molar-refractivity contribution in [3.05, 3.63) is 70.9 Å². The smallest absolute Gasteiger partial charge is 0.232 e. The summed E-state index contributed by atoms with van der Waals surface area (Å²) in [6, 6.07) is 17.1. The maximum absolute atomic E-state index is 13.5. The lowest BCUT2D eigenvalue weighted by atomic mass is 10.1. The highest BCUT2D eigenvalue weighted by atomic mass is 32.1. The molecule has 2 aliphatic heterocycles. The fraction of sp³-hybridized carbons (Fsp3) is 0.250. The first-order valence-electron chi connectivity index (χ1n) is 10.3. The first-order valence-corrected chi connectivity index (χ1v) is 11.2. The van der Waals surface area contributed by atoms with Crippen LogP contribution in [0.1, 0.15) is 12.0 Å². The predicted octanol–water partition coefficient (Wildman–Crippen LogP) is 4.11. The number of thiophene rings is 1. The van der Waals surface area contributed by atoms with E-state index in [-0.39, 0.29) is 18.2 Å². The number of amides is 2. The van der Waals surface area contributed by atoms with E-state index >= 15 is 0 Å². The van der Waals surface area contributed by atoms with Crippen LogP contribution < -0.4 is 19.3 Å². The lowest BCUT2D eigenvalue weighted by molar-refractivity contribution is -0.124. The minimum Gasteiger partial charge on any atom is -0.486 e. The van der Waals surface area contributed by atoms with Gasteiger partial charge in [0, 0.05) is 30.4 Å². The van der Waals surface area contributed by atoms with Gasteiger partial charge in [-0.2, -0.15) is 11.3 Å². The minimum absolute atomic E-state index is 0.0363. The molecule has 6 nitrogen and oxygen atoms in total. The number of ether oxygens (including phenoxy) is 2. The molecule has 5 rings (SSSR count). The predicted molar refractivity (Wildman–Crippen MR) is 120 cm³/mol. The van der Waals surface area contributed by atoms with Crippen molar-refractivity contribution in [1.29, 1.82) is 0 Å². The largest absolute Gasteiger partial charge is 0.486 e. The number of carbonyl (C=O) groups is 2. The van der Waals surface area contributed by atoms with E-state index in [9.17, 15) is 9.59 Å². The van der Waals surface area contributed by atoms with E-state index in [1.54, 1.807) is 21.1 Å². The number of anilines is 2. The average Bonchev–Trinajstić information content (AvgIpc) is 3.47. The molecule has 1 fully saturated rings. The van der Waals surface area contributed by atoms with Gasteiger partial charge in [0.05, 0.1) is 12.5 Å². The van der Waals surface area contributed by atoms with Gasteiger partial charge in [-0.05, 0) is 46.7 Å². The summed E-state index contributed by atoms with van der Waals surface area (Å²) < 4.78 is 11.2. The second-order valence-corrected chi connectivity index (χ2v) is 8.40. The lowest BCUT2D eigenvalue weighted by Gasteiger charge is -2.26. The quantitative estimate of drug-likeness (QED) is 0.607. The van der Waals surface area contributed by atoms with E-state index in [4.69, 9.17) is 9.47 Å². The first kappa shape index (κ1) is 19.6. The SMILES string of the molecule is O=C1CC(C(=O)N(Cc2ccsc2)c2ccccc2)CN1c1ccc2c(c1)OCCO2. The van der Waals surface area contributed by atoms with Crippen LogP contribution in [0.4, 0.5) is 11.4 Å². The number of benzene rings is 2. The topological polar surface area (TPSA) is 59.1 Å². The third kappa shape index (κ3) is 4.01. The van der Waals surface area contributed by atoms with Crippen LogP contribution >= 0.6 is 11.3 Å². The summed E-state index contributed by atoms with van der Waals surface area (Å²) in [6.45, 7) is 1.84. The highest BCUT2D eigenvalue weighted by Gasteiger charge is 2.38. The number of hydrogen-bond acceptors (Lipinski definition) is 5. The van der Waals surface area contributed by atoms with Crippen molar-refractivity contribution in [3.8, 4) is 11.5 Å². The maximum Gasteiger partial charge on any atom is 0.232 e. The van der Waals surface area contributed by atoms with Crippen LogP contribution in [0.15, 0.2) is 65.4 Å². The van der Waals surface area contributed by atoms with Crippen LogP contribution in [-0.2, 0) is 16.1 Å². The number of nitrogens with zero attached hydrogens (tertiary/aromatic N) is 2. The highest BCUT2D eigenvalue weighted by molar-refractivity contribution is 7.07. The van der Waals surface area contributed by atoms with Gasteiger partial charge in [0.15, 0.2) is 11.5 Å². The van der Waals surface area contributed by atoms with Crippen LogP contribution in [0, 0.1) is 5.92 Å². The molecule has 2 aromatic carbocycles. The third-order valence-corrected chi connectivity index (χ3v) is 6.30. The zero-order chi connectivity index (χ0) is 21.2. The summed E-state index contributed by atoms with van der Waals surface area (Å²) in [6.07, 6.45) is 0.195. The van der Waals surface area contributed by atoms with Crippen molar-refractivity contribution in [2.24, 2.45) is 5.92 Å². The molecule has 2 amide bonds. The summed E-state index contributed by atoms with van der Waals surface area (Å²) in [7, 11) is 0. The highest BCUT2D eigenvalue weighted by Crippen LogP contribution is 2.36. The normalized spacial score (nSPS) is 17.6. The Kier molecular flexibility index (Phi) is 5.34. The van der Waals surface area contributed by atoms with E-state index < -0.39 is 5.92 Å². The average molecular weight is 435 g/mol. The molecule has 158 valence electrons. The number of carbonyl (C=O) groups excluding carboxylic acids is 2. The number of rotatable bonds is 5. The summed E-state index contributed by atoms with van der Waals surface area (Å²) >= 11 is 1.61. The molecule has 0 radical (unpaired) electrons. The summed E-state index contributed by atoms with van der Waals surface area (Å²) in [4.78, 5) is 29.8. The van der Waals surface area contributed by atoms with Crippen molar-refractivity contribution >= 4 is 34.5 Å². The Morgan fingerprint density at radius 1 is 1.06 bits per heavy atom. The second kappa shape index (κ2) is 8.43. The molecule has 31 heavy (non-hydrogen) atoms. The standard InChI is InChI=1S/C24H22N2O4S/c27-23-12-18(15-25(23)20-6-7-21-22(13-20)30-10-9-29-21)24(28)26(14-17-8-11-31-16-17)19-4-2-1-3-5-19/h1-8,11,13,16,18H,9-10,12,14-15H2. The maximum atomic E-state index is 13.5. The molecule has 0 N–H and O–H groups in total. The zero-order valence-electron chi connectivity index (χ0n) is 16.9. The molecule has 1 saturated heterocycles. The molecule has 1 unspecified atom stereocenters. The Hall–Kier alpha value is -3.32. The van der Waals surface area contributed by atoms with Gasteiger partial charge in [-0.3, -0.25) is 9.59 Å². The number of para-hydroxylation sites is 1. The van der Waals surface area contributed by atoms with Crippen LogP contribution in [0.5, 0.6) is 11.5 Å². The summed E-state index contributed by atoms with van der Waals surface area (Å²) in [5.41, 5.74) is 2.65. The minimum atomic E-state index is -0.403. The van der Waals surface area contributed by atoms with E-state index in [2.05, 4.69) is 0 Å². The summed E-state index contributed by atoms with van der Waals surface area (Å²) in [5.74, 6) is 0.818. The fourth-order valence-corrected chi connectivity index (χ4v) is 4.67. The fourth-order valence-electron chi connectivity index (χ4n) is 4.01. The monoisotopic (exact) mass is 434 g/mol. The van der Waals surface area contributed by atoms with E-state index in [1.165, 1.54) is 0 Å². The first-order chi connectivity index (χ1) is 15.2. The molecule has 0 aliphatic carbocycles. The molecular formula is C24H22N2O4S. The van der Waals surface area contributed by atoms with Crippen LogP contribution in [-0.4, -0.2) is 31.6 Å². The second-order valence-electron chi connectivity index (χ2n) is 7.62. The Balaban J connectivity index is 1.37. The molecule has 1 aromatic heterocycles. The van der Waals surface area contributed by atoms with Crippen LogP contribution in [0.3, 0.4) is 0 Å². The number of fused-ring (bicyclic) bond motifs is 1. The molecule has 3 heterocycles. The Labute approximate surface area is 184 Å². The zero-order valence-corrected chi connectivity index (χ0v) is 17.7. The molecule has 0 saturated carbocycles. The summed E-state index contributed by atoms with van der Waals surface area (Å²) in [5, 5.41) is 4.05. The molecule has 3 aromatic rings. The van der Waals surface area contributed by atoms with Crippen molar-refractivity contribution in [2.75, 3.05) is 29.6 Å². The molecule has 0 spiro atoms. The van der Waals surface area contributed by atoms with Crippen LogP contribution in [0.25, 0.3) is 0 Å². The Morgan fingerprint density at radius 2 is 1.87 bits per heavy atom. The van der Waals surface area contributed by atoms with Gasteiger partial charge in [0.25, 0.3) is 0 Å². The van der Waals surface area contributed by atoms with E-state index in [0.717, 1.165) is 16.9 Å². The van der Waals surface area contributed by atoms with Crippen molar-refractivity contribution in [2.45, 2.75) is 13.0 Å². The van der Waals surface area contributed by atoms with Gasteiger partial charge in [0.1, 0.15) is 13.2 Å². The van der Waals surface area contributed by atoms with E-state index in [0.29, 0.717) is 37.8 Å². The Bertz CT molecular complexity index is 1080. The molecule has 2 aliphatic rings. The molecular weight excluding hydrogens is 412 g/mol.